The predicted molar refractivity (Wildman–Crippen MR) is 110 cm³/mol. The number of aliphatic hydroxyl groups is 1. The van der Waals surface area contributed by atoms with Crippen molar-refractivity contribution in [2.45, 2.75) is 6.61 Å². The van der Waals surface area contributed by atoms with Crippen LogP contribution in [0.4, 0.5) is 0 Å². The molecule has 126 valence electrons. The fourth-order valence-corrected chi connectivity index (χ4v) is 4.15. The molecule has 26 heavy (non-hydrogen) atoms. The molecule has 0 radical (unpaired) electrons. The van der Waals surface area contributed by atoms with Crippen molar-refractivity contribution in [3.05, 3.63) is 76.9 Å². The lowest BCUT2D eigenvalue weighted by Crippen LogP contribution is -1.87. The van der Waals surface area contributed by atoms with Gasteiger partial charge < -0.3 is 10.1 Å². The van der Waals surface area contributed by atoms with Crippen molar-refractivity contribution in [2.75, 3.05) is 0 Å². The number of H-pyrrole nitrogens is 1. The Labute approximate surface area is 158 Å². The van der Waals surface area contributed by atoms with E-state index in [2.05, 4.69) is 57.3 Å². The summed E-state index contributed by atoms with van der Waals surface area (Å²) in [6.45, 7) is 0.0396. The van der Waals surface area contributed by atoms with E-state index in [1.807, 2.05) is 30.5 Å². The van der Waals surface area contributed by atoms with E-state index in [1.54, 1.807) is 0 Å². The first kappa shape index (κ1) is 15.6. The number of nitrogens with one attached hydrogen (secondary N) is 1. The van der Waals surface area contributed by atoms with Gasteiger partial charge in [-0.3, -0.25) is 4.98 Å². The van der Waals surface area contributed by atoms with Gasteiger partial charge in [0.05, 0.1) is 17.8 Å². The minimum Gasteiger partial charge on any atom is -0.392 e. The third kappa shape index (κ3) is 2.26. The van der Waals surface area contributed by atoms with E-state index in [0.717, 1.165) is 48.5 Å². The van der Waals surface area contributed by atoms with Crippen LogP contribution in [-0.2, 0) is 6.61 Å². The minimum atomic E-state index is 0.0396. The normalized spacial score (nSPS) is 11.6. The lowest BCUT2D eigenvalue weighted by Gasteiger charge is -2.08. The monoisotopic (exact) mass is 402 g/mol. The quantitative estimate of drug-likeness (QED) is 0.392. The second kappa shape index (κ2) is 5.94. The number of aliphatic hydroxyl groups excluding tert-OH is 1. The average molecular weight is 403 g/mol. The molecule has 5 rings (SSSR count). The molecule has 4 heteroatoms. The second-order valence-corrected chi connectivity index (χ2v) is 7.24. The first-order valence-electron chi connectivity index (χ1n) is 8.44. The zero-order valence-corrected chi connectivity index (χ0v) is 15.4. The summed E-state index contributed by atoms with van der Waals surface area (Å²) in [7, 11) is 0. The van der Waals surface area contributed by atoms with Crippen LogP contribution < -0.4 is 0 Å². The largest absolute Gasteiger partial charge is 0.392 e. The molecule has 0 bridgehead atoms. The van der Waals surface area contributed by atoms with Crippen molar-refractivity contribution >= 4 is 48.5 Å². The average Bonchev–Trinajstić information content (AvgIpc) is 3.06. The third-order valence-electron chi connectivity index (χ3n) is 4.89. The maximum absolute atomic E-state index is 9.46. The van der Waals surface area contributed by atoms with Crippen molar-refractivity contribution in [3.8, 4) is 11.3 Å². The molecule has 5 aromatic rings. The van der Waals surface area contributed by atoms with Gasteiger partial charge in [0.1, 0.15) is 0 Å². The van der Waals surface area contributed by atoms with E-state index < -0.39 is 0 Å². The van der Waals surface area contributed by atoms with E-state index in [9.17, 15) is 5.11 Å². The Bertz CT molecular complexity index is 1290. The van der Waals surface area contributed by atoms with Crippen LogP contribution in [0.2, 0.25) is 0 Å². The van der Waals surface area contributed by atoms with Crippen LogP contribution in [0.1, 0.15) is 5.56 Å². The predicted octanol–water partition coefficient (Wildman–Crippen LogP) is 5.79. The fourth-order valence-electron chi connectivity index (χ4n) is 3.65. The summed E-state index contributed by atoms with van der Waals surface area (Å²) in [5, 5.41) is 14.0. The summed E-state index contributed by atoms with van der Waals surface area (Å²) in [4.78, 5) is 8.22. The molecular weight excluding hydrogens is 388 g/mol. The van der Waals surface area contributed by atoms with Crippen LogP contribution in [0.25, 0.3) is 43.8 Å². The molecule has 0 saturated heterocycles. The molecular formula is C22H15BrN2O. The summed E-state index contributed by atoms with van der Waals surface area (Å²) in [5.41, 5.74) is 5.01. The van der Waals surface area contributed by atoms with Crippen LogP contribution in [0, 0.1) is 0 Å². The van der Waals surface area contributed by atoms with Crippen molar-refractivity contribution in [1.82, 2.24) is 9.97 Å². The van der Waals surface area contributed by atoms with Gasteiger partial charge in [-0.1, -0.05) is 52.3 Å². The minimum absolute atomic E-state index is 0.0396. The number of aromatic amines is 1. The molecule has 3 nitrogen and oxygen atoms in total. The van der Waals surface area contributed by atoms with Crippen LogP contribution in [0.5, 0.6) is 0 Å². The van der Waals surface area contributed by atoms with Crippen LogP contribution in [0.15, 0.2) is 71.3 Å². The first-order chi connectivity index (χ1) is 12.8. The molecule has 2 aromatic heterocycles. The van der Waals surface area contributed by atoms with Crippen molar-refractivity contribution < 1.29 is 5.11 Å². The van der Waals surface area contributed by atoms with E-state index >= 15 is 0 Å². The molecule has 0 atom stereocenters. The molecule has 0 spiro atoms. The van der Waals surface area contributed by atoms with Gasteiger partial charge in [-0.15, -0.1) is 0 Å². The lowest BCUT2D eigenvalue weighted by molar-refractivity contribution is 0.282. The standard InChI is InChI=1S/C22H15BrN2O/c23-19-6-2-3-14-15(19)4-1-5-16(14)21-22-17(9-10-24-21)18-11-13(12-26)7-8-20(18)25-22/h1-11,25-26H,12H2. The number of fused-ring (bicyclic) bond motifs is 4. The van der Waals surface area contributed by atoms with Crippen LogP contribution >= 0.6 is 15.9 Å². The topological polar surface area (TPSA) is 48.9 Å². The van der Waals surface area contributed by atoms with Crippen molar-refractivity contribution in [3.63, 3.8) is 0 Å². The Balaban J connectivity index is 1.87. The maximum Gasteiger partial charge on any atom is 0.0949 e. The molecule has 0 saturated carbocycles. The van der Waals surface area contributed by atoms with Crippen LogP contribution in [0.3, 0.4) is 0 Å². The number of halogens is 1. The molecule has 0 aliphatic heterocycles. The van der Waals surface area contributed by atoms with Gasteiger partial charge in [-0.2, -0.15) is 0 Å². The number of pyridine rings is 1. The number of nitrogens with zero attached hydrogens (tertiary/aromatic N) is 1. The van der Waals surface area contributed by atoms with Crippen molar-refractivity contribution in [2.24, 2.45) is 0 Å². The van der Waals surface area contributed by atoms with Crippen LogP contribution in [-0.4, -0.2) is 15.1 Å². The summed E-state index contributed by atoms with van der Waals surface area (Å²) >= 11 is 3.65. The molecule has 0 fully saturated rings. The molecule has 0 amide bonds. The van der Waals surface area contributed by atoms with E-state index in [-0.39, 0.29) is 6.61 Å². The van der Waals surface area contributed by atoms with Gasteiger partial charge >= 0.3 is 0 Å². The summed E-state index contributed by atoms with van der Waals surface area (Å²) < 4.78 is 1.08. The lowest BCUT2D eigenvalue weighted by atomic mass is 10.0. The highest BCUT2D eigenvalue weighted by Crippen LogP contribution is 2.36. The number of benzene rings is 3. The third-order valence-corrected chi connectivity index (χ3v) is 5.58. The van der Waals surface area contributed by atoms with Gasteiger partial charge in [0, 0.05) is 32.5 Å². The smallest absolute Gasteiger partial charge is 0.0949 e. The first-order valence-corrected chi connectivity index (χ1v) is 9.23. The van der Waals surface area contributed by atoms with Gasteiger partial charge in [0.25, 0.3) is 0 Å². The van der Waals surface area contributed by atoms with E-state index in [1.165, 1.54) is 5.39 Å². The van der Waals surface area contributed by atoms with Gasteiger partial charge in [0.15, 0.2) is 0 Å². The number of hydrogen-bond acceptors (Lipinski definition) is 2. The fraction of sp³-hybridized carbons (Fsp3) is 0.0455. The highest BCUT2D eigenvalue weighted by Gasteiger charge is 2.14. The van der Waals surface area contributed by atoms with Gasteiger partial charge in [-0.05, 0) is 40.6 Å². The van der Waals surface area contributed by atoms with E-state index in [4.69, 9.17) is 4.98 Å². The molecule has 0 aliphatic carbocycles. The Morgan fingerprint density at radius 1 is 0.885 bits per heavy atom. The highest BCUT2D eigenvalue weighted by atomic mass is 79.9. The number of hydrogen-bond donors (Lipinski definition) is 2. The summed E-state index contributed by atoms with van der Waals surface area (Å²) in [5.74, 6) is 0. The molecule has 2 N–H and O–H groups in total. The Kier molecular flexibility index (Phi) is 3.55. The number of rotatable bonds is 2. The zero-order valence-electron chi connectivity index (χ0n) is 13.8. The molecule has 2 heterocycles. The molecule has 0 aliphatic rings. The Hall–Kier alpha value is -2.69. The number of aromatic nitrogens is 2. The zero-order chi connectivity index (χ0) is 17.7. The molecule has 0 unspecified atom stereocenters. The summed E-state index contributed by atoms with van der Waals surface area (Å²) in [6.07, 6.45) is 1.85. The Morgan fingerprint density at radius 3 is 2.62 bits per heavy atom. The summed E-state index contributed by atoms with van der Waals surface area (Å²) in [6, 6.07) is 20.6. The second-order valence-electron chi connectivity index (χ2n) is 6.39. The van der Waals surface area contributed by atoms with Gasteiger partial charge in [0.2, 0.25) is 0 Å². The van der Waals surface area contributed by atoms with E-state index in [0.29, 0.717) is 0 Å². The Morgan fingerprint density at radius 2 is 1.73 bits per heavy atom. The highest BCUT2D eigenvalue weighted by molar-refractivity contribution is 9.10. The van der Waals surface area contributed by atoms with Crippen molar-refractivity contribution in [1.29, 1.82) is 0 Å². The molecule has 3 aromatic carbocycles. The van der Waals surface area contributed by atoms with Gasteiger partial charge in [-0.25, -0.2) is 0 Å². The maximum atomic E-state index is 9.46. The SMILES string of the molecule is OCc1ccc2[nH]c3c(-c4cccc5c(Br)cccc45)nccc3c2c1.